The third-order valence-electron chi connectivity index (χ3n) is 1.85. The molecule has 0 radical (unpaired) electrons. The molecule has 4 nitrogen and oxygen atoms in total. The Bertz CT molecular complexity index is 160. The molecule has 0 aliphatic carbocycles. The van der Waals surface area contributed by atoms with Crippen LogP contribution in [0.2, 0.25) is 0 Å². The number of hydrogen-bond acceptors (Lipinski definition) is 3. The third kappa shape index (κ3) is 8.01. The molecule has 1 amide bonds. The maximum absolute atomic E-state index is 11.2. The number of carbonyl (C=O) groups is 1. The minimum absolute atomic E-state index is 0.00621. The van der Waals surface area contributed by atoms with Crippen molar-refractivity contribution in [2.45, 2.75) is 45.8 Å². The van der Waals surface area contributed by atoms with E-state index in [1.54, 1.807) is 0 Å². The van der Waals surface area contributed by atoms with Crippen molar-refractivity contribution in [1.82, 2.24) is 5.32 Å². The minimum Gasteiger partial charge on any atom is -0.377 e. The second kappa shape index (κ2) is 7.76. The van der Waals surface area contributed by atoms with Crippen molar-refractivity contribution in [2.24, 2.45) is 5.73 Å². The minimum atomic E-state index is -0.0268. The molecule has 0 aromatic rings. The maximum atomic E-state index is 11.2. The van der Waals surface area contributed by atoms with Crippen LogP contribution in [-0.2, 0) is 9.53 Å². The Morgan fingerprint density at radius 2 is 2.14 bits per heavy atom. The monoisotopic (exact) mass is 202 g/mol. The number of hydrogen-bond donors (Lipinski definition) is 2. The first-order valence-corrected chi connectivity index (χ1v) is 5.20. The molecule has 0 saturated heterocycles. The molecule has 0 heterocycles. The van der Waals surface area contributed by atoms with Crippen LogP contribution in [0.3, 0.4) is 0 Å². The topological polar surface area (TPSA) is 64.4 Å². The lowest BCUT2D eigenvalue weighted by molar-refractivity contribution is -0.121. The normalized spacial score (nSPS) is 12.9. The van der Waals surface area contributed by atoms with Crippen LogP contribution in [0, 0.1) is 0 Å². The van der Waals surface area contributed by atoms with Crippen molar-refractivity contribution in [3.63, 3.8) is 0 Å². The van der Waals surface area contributed by atoms with E-state index in [2.05, 4.69) is 5.32 Å². The molecule has 84 valence electrons. The highest BCUT2D eigenvalue weighted by Gasteiger charge is 2.06. The number of nitrogens with one attached hydrogen (secondary N) is 1. The fourth-order valence-corrected chi connectivity index (χ4v) is 0.940. The predicted octanol–water partition coefficient (Wildman–Crippen LogP) is 0.655. The fraction of sp³-hybridized carbons (Fsp3) is 0.900. The van der Waals surface area contributed by atoms with Gasteiger partial charge in [0.2, 0.25) is 5.91 Å². The molecule has 0 fully saturated rings. The molecule has 0 aliphatic heterocycles. The zero-order valence-electron chi connectivity index (χ0n) is 9.38. The summed E-state index contributed by atoms with van der Waals surface area (Å²) in [6, 6.07) is -0.0268. The van der Waals surface area contributed by atoms with Gasteiger partial charge in [-0.25, -0.2) is 0 Å². The van der Waals surface area contributed by atoms with Gasteiger partial charge in [0.1, 0.15) is 0 Å². The third-order valence-corrected chi connectivity index (χ3v) is 1.85. The SMILES string of the molecule is CCC(N)CC(=O)NCCOC(C)C. The Balaban J connectivity index is 3.36. The molecule has 0 bridgehead atoms. The predicted molar refractivity (Wildman–Crippen MR) is 57.0 cm³/mol. The summed E-state index contributed by atoms with van der Waals surface area (Å²) in [6.07, 6.45) is 1.44. The average molecular weight is 202 g/mol. The van der Waals surface area contributed by atoms with Gasteiger partial charge in [0.15, 0.2) is 0 Å². The molecule has 0 aromatic heterocycles. The van der Waals surface area contributed by atoms with Gasteiger partial charge in [0, 0.05) is 19.0 Å². The van der Waals surface area contributed by atoms with E-state index < -0.39 is 0 Å². The molecular formula is C10H22N2O2. The molecule has 1 unspecified atom stereocenters. The van der Waals surface area contributed by atoms with Crippen LogP contribution in [0.1, 0.15) is 33.6 Å². The van der Waals surface area contributed by atoms with E-state index in [4.69, 9.17) is 10.5 Å². The summed E-state index contributed by atoms with van der Waals surface area (Å²) >= 11 is 0. The molecular weight excluding hydrogens is 180 g/mol. The maximum Gasteiger partial charge on any atom is 0.221 e. The first-order valence-electron chi connectivity index (χ1n) is 5.20. The molecule has 3 N–H and O–H groups in total. The van der Waals surface area contributed by atoms with Gasteiger partial charge in [0.05, 0.1) is 12.7 Å². The molecule has 0 rings (SSSR count). The van der Waals surface area contributed by atoms with Crippen molar-refractivity contribution in [3.8, 4) is 0 Å². The highest BCUT2D eigenvalue weighted by molar-refractivity contribution is 5.76. The van der Waals surface area contributed by atoms with E-state index >= 15 is 0 Å². The zero-order valence-corrected chi connectivity index (χ0v) is 9.38. The van der Waals surface area contributed by atoms with Gasteiger partial charge in [0.25, 0.3) is 0 Å². The molecule has 0 aliphatic rings. The van der Waals surface area contributed by atoms with Crippen LogP contribution in [0.5, 0.6) is 0 Å². The Morgan fingerprint density at radius 3 is 2.64 bits per heavy atom. The summed E-state index contributed by atoms with van der Waals surface area (Å²) in [4.78, 5) is 11.2. The van der Waals surface area contributed by atoms with Gasteiger partial charge in [-0.2, -0.15) is 0 Å². The Hall–Kier alpha value is -0.610. The quantitative estimate of drug-likeness (QED) is 0.596. The van der Waals surface area contributed by atoms with Crippen LogP contribution < -0.4 is 11.1 Å². The molecule has 0 saturated carbocycles. The Kier molecular flexibility index (Phi) is 7.42. The lowest BCUT2D eigenvalue weighted by Crippen LogP contribution is -2.33. The van der Waals surface area contributed by atoms with E-state index in [-0.39, 0.29) is 18.1 Å². The van der Waals surface area contributed by atoms with Crippen molar-refractivity contribution < 1.29 is 9.53 Å². The summed E-state index contributed by atoms with van der Waals surface area (Å²) < 4.78 is 5.28. The van der Waals surface area contributed by atoms with Crippen LogP contribution in [0.25, 0.3) is 0 Å². The van der Waals surface area contributed by atoms with Gasteiger partial charge < -0.3 is 15.8 Å². The van der Waals surface area contributed by atoms with E-state index in [9.17, 15) is 4.79 Å². The standard InChI is InChI=1S/C10H22N2O2/c1-4-9(11)7-10(13)12-5-6-14-8(2)3/h8-9H,4-7,11H2,1-3H3,(H,12,13). The second-order valence-electron chi connectivity index (χ2n) is 3.64. The second-order valence-corrected chi connectivity index (χ2v) is 3.64. The summed E-state index contributed by atoms with van der Waals surface area (Å²) in [7, 11) is 0. The van der Waals surface area contributed by atoms with Crippen molar-refractivity contribution in [1.29, 1.82) is 0 Å². The summed E-state index contributed by atoms with van der Waals surface area (Å²) in [5.74, 6) is 0.00621. The van der Waals surface area contributed by atoms with Crippen molar-refractivity contribution in [3.05, 3.63) is 0 Å². The first-order chi connectivity index (χ1) is 6.56. The van der Waals surface area contributed by atoms with Gasteiger partial charge in [-0.15, -0.1) is 0 Å². The van der Waals surface area contributed by atoms with Crippen LogP contribution >= 0.6 is 0 Å². The summed E-state index contributed by atoms with van der Waals surface area (Å²) in [5.41, 5.74) is 5.63. The number of rotatable bonds is 7. The van der Waals surface area contributed by atoms with Crippen LogP contribution in [0.4, 0.5) is 0 Å². The molecule has 1 atom stereocenters. The molecule has 14 heavy (non-hydrogen) atoms. The van der Waals surface area contributed by atoms with Gasteiger partial charge in [-0.1, -0.05) is 6.92 Å². The van der Waals surface area contributed by atoms with Gasteiger partial charge in [-0.05, 0) is 20.3 Å². The Labute approximate surface area is 86.2 Å². The number of amides is 1. The van der Waals surface area contributed by atoms with Gasteiger partial charge in [-0.3, -0.25) is 4.79 Å². The molecule has 4 heteroatoms. The van der Waals surface area contributed by atoms with E-state index in [1.807, 2.05) is 20.8 Å². The molecule has 0 aromatic carbocycles. The van der Waals surface area contributed by atoms with Gasteiger partial charge >= 0.3 is 0 Å². The zero-order chi connectivity index (χ0) is 11.0. The fourth-order valence-electron chi connectivity index (χ4n) is 0.940. The van der Waals surface area contributed by atoms with Crippen molar-refractivity contribution in [2.75, 3.05) is 13.2 Å². The summed E-state index contributed by atoms with van der Waals surface area (Å²) in [5, 5.41) is 2.76. The van der Waals surface area contributed by atoms with E-state index in [1.165, 1.54) is 0 Å². The first kappa shape index (κ1) is 13.4. The highest BCUT2D eigenvalue weighted by Crippen LogP contribution is 1.92. The van der Waals surface area contributed by atoms with Crippen molar-refractivity contribution >= 4 is 5.91 Å². The number of carbonyl (C=O) groups excluding carboxylic acids is 1. The highest BCUT2D eigenvalue weighted by atomic mass is 16.5. The van der Waals surface area contributed by atoms with Crippen LogP contribution in [0.15, 0.2) is 0 Å². The van der Waals surface area contributed by atoms with E-state index in [0.717, 1.165) is 6.42 Å². The Morgan fingerprint density at radius 1 is 1.50 bits per heavy atom. The summed E-state index contributed by atoms with van der Waals surface area (Å²) in [6.45, 7) is 7.03. The lowest BCUT2D eigenvalue weighted by atomic mass is 10.1. The molecule has 0 spiro atoms. The smallest absolute Gasteiger partial charge is 0.221 e. The number of nitrogens with two attached hydrogens (primary N) is 1. The lowest BCUT2D eigenvalue weighted by Gasteiger charge is -2.10. The average Bonchev–Trinajstić information content (AvgIpc) is 2.12. The van der Waals surface area contributed by atoms with E-state index in [0.29, 0.717) is 19.6 Å². The largest absolute Gasteiger partial charge is 0.377 e. The van der Waals surface area contributed by atoms with Crippen LogP contribution in [-0.4, -0.2) is 31.2 Å². The number of ether oxygens (including phenoxy) is 1.